The number of fused-ring (bicyclic) bond motifs is 3. The number of carbonyl (C=O) groups excluding carboxylic acids is 1. The molecule has 3 aromatic rings. The monoisotopic (exact) mass is 397 g/mol. The lowest BCUT2D eigenvalue weighted by atomic mass is 9.95. The molecule has 7 heteroatoms. The SMILES string of the molecule is CNS(=O)(=O)c1cc(NC(=O)c2ccc3[nH]c4c(c3c2)CCCC4)ccc1C. The smallest absolute Gasteiger partial charge is 0.255 e. The summed E-state index contributed by atoms with van der Waals surface area (Å²) in [5.74, 6) is -0.260. The Balaban J connectivity index is 1.65. The summed E-state index contributed by atoms with van der Waals surface area (Å²) in [5, 5.41) is 3.92. The van der Waals surface area contributed by atoms with Gasteiger partial charge in [-0.1, -0.05) is 6.07 Å². The molecule has 0 saturated carbocycles. The van der Waals surface area contributed by atoms with Gasteiger partial charge in [0.2, 0.25) is 10.0 Å². The van der Waals surface area contributed by atoms with Crippen molar-refractivity contribution >= 4 is 32.5 Å². The van der Waals surface area contributed by atoms with Gasteiger partial charge >= 0.3 is 0 Å². The number of aromatic nitrogens is 1. The third-order valence-electron chi connectivity index (χ3n) is 5.36. The minimum absolute atomic E-state index is 0.156. The quantitative estimate of drug-likeness (QED) is 0.629. The van der Waals surface area contributed by atoms with Crippen LogP contribution in [0.5, 0.6) is 0 Å². The first-order valence-electron chi connectivity index (χ1n) is 9.38. The zero-order valence-electron chi connectivity index (χ0n) is 15.9. The average Bonchev–Trinajstić information content (AvgIpc) is 3.07. The molecule has 0 aliphatic heterocycles. The van der Waals surface area contributed by atoms with Crippen molar-refractivity contribution in [2.24, 2.45) is 0 Å². The summed E-state index contributed by atoms with van der Waals surface area (Å²) in [6, 6.07) is 10.5. The predicted octanol–water partition coefficient (Wildman–Crippen LogP) is 3.52. The largest absolute Gasteiger partial charge is 0.358 e. The van der Waals surface area contributed by atoms with Gasteiger partial charge < -0.3 is 10.3 Å². The number of sulfonamides is 1. The number of aryl methyl sites for hydroxylation is 3. The third-order valence-corrected chi connectivity index (χ3v) is 6.92. The molecular formula is C21H23N3O3S. The van der Waals surface area contributed by atoms with Gasteiger partial charge in [0, 0.05) is 27.8 Å². The van der Waals surface area contributed by atoms with Crippen LogP contribution < -0.4 is 10.0 Å². The number of hydrogen-bond donors (Lipinski definition) is 3. The van der Waals surface area contributed by atoms with Crippen molar-refractivity contribution in [3.05, 3.63) is 58.8 Å². The number of nitrogens with one attached hydrogen (secondary N) is 3. The maximum atomic E-state index is 12.8. The van der Waals surface area contributed by atoms with E-state index in [1.54, 1.807) is 25.1 Å². The molecule has 0 spiro atoms. The molecule has 2 aromatic carbocycles. The highest BCUT2D eigenvalue weighted by molar-refractivity contribution is 7.89. The van der Waals surface area contributed by atoms with Crippen LogP contribution in [0.25, 0.3) is 10.9 Å². The average molecular weight is 398 g/mol. The highest BCUT2D eigenvalue weighted by Crippen LogP contribution is 2.30. The van der Waals surface area contributed by atoms with E-state index >= 15 is 0 Å². The lowest BCUT2D eigenvalue weighted by Crippen LogP contribution is -2.20. The van der Waals surface area contributed by atoms with Gasteiger partial charge in [0.1, 0.15) is 0 Å². The second-order valence-electron chi connectivity index (χ2n) is 7.19. The molecule has 0 fully saturated rings. The predicted molar refractivity (Wildman–Crippen MR) is 110 cm³/mol. The van der Waals surface area contributed by atoms with Gasteiger partial charge in [0.15, 0.2) is 0 Å². The van der Waals surface area contributed by atoms with Crippen molar-refractivity contribution in [3.8, 4) is 0 Å². The van der Waals surface area contributed by atoms with E-state index < -0.39 is 10.0 Å². The molecule has 146 valence electrons. The zero-order chi connectivity index (χ0) is 19.9. The van der Waals surface area contributed by atoms with E-state index in [1.165, 1.54) is 37.2 Å². The number of aromatic amines is 1. The van der Waals surface area contributed by atoms with Crippen molar-refractivity contribution < 1.29 is 13.2 Å². The van der Waals surface area contributed by atoms with Gasteiger partial charge in [0.25, 0.3) is 5.91 Å². The number of amides is 1. The molecule has 3 N–H and O–H groups in total. The summed E-state index contributed by atoms with van der Waals surface area (Å²) in [6.45, 7) is 1.72. The number of rotatable bonds is 4. The molecule has 6 nitrogen and oxygen atoms in total. The van der Waals surface area contributed by atoms with Crippen LogP contribution in [0.2, 0.25) is 0 Å². The molecular weight excluding hydrogens is 374 g/mol. The molecule has 0 atom stereocenters. The Kier molecular flexibility index (Phi) is 4.72. The fourth-order valence-corrected chi connectivity index (χ4v) is 4.82. The molecule has 1 aliphatic carbocycles. The Morgan fingerprint density at radius 2 is 1.86 bits per heavy atom. The fourth-order valence-electron chi connectivity index (χ4n) is 3.83. The maximum Gasteiger partial charge on any atom is 0.255 e. The van der Waals surface area contributed by atoms with Crippen molar-refractivity contribution in [2.45, 2.75) is 37.5 Å². The molecule has 4 rings (SSSR count). The molecule has 0 unspecified atom stereocenters. The van der Waals surface area contributed by atoms with Crippen LogP contribution in [0, 0.1) is 6.92 Å². The number of anilines is 1. The molecule has 1 heterocycles. The van der Waals surface area contributed by atoms with E-state index in [0.717, 1.165) is 23.7 Å². The van der Waals surface area contributed by atoms with E-state index in [4.69, 9.17) is 0 Å². The summed E-state index contributed by atoms with van der Waals surface area (Å²) in [7, 11) is -2.22. The summed E-state index contributed by atoms with van der Waals surface area (Å²) < 4.78 is 26.6. The van der Waals surface area contributed by atoms with Gasteiger partial charge in [-0.3, -0.25) is 4.79 Å². The van der Waals surface area contributed by atoms with Gasteiger partial charge in [0.05, 0.1) is 4.90 Å². The topological polar surface area (TPSA) is 91.1 Å². The van der Waals surface area contributed by atoms with E-state index in [-0.39, 0.29) is 10.8 Å². The zero-order valence-corrected chi connectivity index (χ0v) is 16.7. The number of carbonyl (C=O) groups is 1. The van der Waals surface area contributed by atoms with E-state index in [2.05, 4.69) is 15.0 Å². The minimum Gasteiger partial charge on any atom is -0.358 e. The van der Waals surface area contributed by atoms with Crippen LogP contribution in [-0.2, 0) is 22.9 Å². The Labute approximate surface area is 164 Å². The molecule has 0 saturated heterocycles. The lowest BCUT2D eigenvalue weighted by molar-refractivity contribution is 0.102. The van der Waals surface area contributed by atoms with E-state index in [1.807, 2.05) is 12.1 Å². The van der Waals surface area contributed by atoms with Gasteiger partial charge in [-0.05, 0) is 81.1 Å². The van der Waals surface area contributed by atoms with Gasteiger partial charge in [-0.25, -0.2) is 13.1 Å². The van der Waals surface area contributed by atoms with E-state index in [9.17, 15) is 13.2 Å². The molecule has 1 amide bonds. The molecule has 1 aromatic heterocycles. The summed E-state index contributed by atoms with van der Waals surface area (Å²) in [6.07, 6.45) is 4.45. The van der Waals surface area contributed by atoms with Crippen molar-refractivity contribution in [1.29, 1.82) is 0 Å². The van der Waals surface area contributed by atoms with Crippen LogP contribution in [0.4, 0.5) is 5.69 Å². The summed E-state index contributed by atoms with van der Waals surface area (Å²) >= 11 is 0. The molecule has 28 heavy (non-hydrogen) atoms. The minimum atomic E-state index is -3.59. The number of H-pyrrole nitrogens is 1. The highest BCUT2D eigenvalue weighted by Gasteiger charge is 2.18. The first-order chi connectivity index (χ1) is 13.4. The molecule has 0 bridgehead atoms. The van der Waals surface area contributed by atoms with Gasteiger partial charge in [-0.2, -0.15) is 0 Å². The van der Waals surface area contributed by atoms with Crippen molar-refractivity contribution in [1.82, 2.24) is 9.71 Å². The standard InChI is InChI=1S/C21H23N3O3S/c1-13-7-9-15(12-20(13)28(26,27)22-2)23-21(25)14-8-10-19-17(11-14)16-5-3-4-6-18(16)24-19/h7-12,22,24H,3-6H2,1-2H3,(H,23,25). The Bertz CT molecular complexity index is 1180. The first-order valence-corrected chi connectivity index (χ1v) is 10.9. The summed E-state index contributed by atoms with van der Waals surface area (Å²) in [5.41, 5.74) is 5.26. The fraction of sp³-hybridized carbons (Fsp3) is 0.286. The summed E-state index contributed by atoms with van der Waals surface area (Å²) in [4.78, 5) is 16.4. The van der Waals surface area contributed by atoms with Crippen molar-refractivity contribution in [2.75, 3.05) is 12.4 Å². The second-order valence-corrected chi connectivity index (χ2v) is 9.05. The normalized spacial score (nSPS) is 14.1. The molecule has 1 aliphatic rings. The van der Waals surface area contributed by atoms with Crippen LogP contribution in [0.15, 0.2) is 41.3 Å². The lowest BCUT2D eigenvalue weighted by Gasteiger charge is -2.11. The van der Waals surface area contributed by atoms with E-state index in [0.29, 0.717) is 16.8 Å². The molecule has 0 radical (unpaired) electrons. The highest BCUT2D eigenvalue weighted by atomic mass is 32.2. The number of benzene rings is 2. The van der Waals surface area contributed by atoms with Gasteiger partial charge in [-0.15, -0.1) is 0 Å². The Hall–Kier alpha value is -2.64. The van der Waals surface area contributed by atoms with Crippen LogP contribution in [0.1, 0.15) is 40.0 Å². The third kappa shape index (κ3) is 3.31. The first kappa shape index (κ1) is 18.7. The maximum absolute atomic E-state index is 12.8. The van der Waals surface area contributed by atoms with Crippen molar-refractivity contribution in [3.63, 3.8) is 0 Å². The van der Waals surface area contributed by atoms with Crippen LogP contribution in [0.3, 0.4) is 0 Å². The second kappa shape index (κ2) is 7.07. The van der Waals surface area contributed by atoms with Crippen LogP contribution >= 0.6 is 0 Å². The number of hydrogen-bond acceptors (Lipinski definition) is 3. The van der Waals surface area contributed by atoms with Crippen LogP contribution in [-0.4, -0.2) is 26.4 Å². The Morgan fingerprint density at radius 3 is 2.64 bits per heavy atom. The Morgan fingerprint density at radius 1 is 1.07 bits per heavy atom.